The largest absolute Gasteiger partial charge is 0.496 e. The van der Waals surface area contributed by atoms with Gasteiger partial charge >= 0.3 is 5.97 Å². The van der Waals surface area contributed by atoms with Crippen LogP contribution in [-0.4, -0.2) is 44.4 Å². The van der Waals surface area contributed by atoms with E-state index in [9.17, 15) is 9.90 Å². The first-order chi connectivity index (χ1) is 19.8. The number of pyridine rings is 1. The predicted octanol–water partition coefficient (Wildman–Crippen LogP) is 6.15. The number of aliphatic carboxylic acids is 1. The van der Waals surface area contributed by atoms with E-state index in [2.05, 4.69) is 4.98 Å². The molecule has 0 amide bonds. The summed E-state index contributed by atoms with van der Waals surface area (Å²) in [6, 6.07) is 11.2. The molecule has 1 aliphatic rings. The summed E-state index contributed by atoms with van der Waals surface area (Å²) in [5.74, 6) is -0.488. The predicted molar refractivity (Wildman–Crippen MR) is 153 cm³/mol. The van der Waals surface area contributed by atoms with E-state index >= 15 is 4.39 Å². The Balaban J connectivity index is 1.61. The zero-order chi connectivity index (χ0) is 28.8. The summed E-state index contributed by atoms with van der Waals surface area (Å²) < 4.78 is 28.3. The number of carboxylic acids is 1. The molecule has 41 heavy (non-hydrogen) atoms. The average molecular weight is 553 g/mol. The first-order valence-electron chi connectivity index (χ1n) is 13.4. The van der Waals surface area contributed by atoms with Crippen LogP contribution in [-0.2, 0) is 17.6 Å². The van der Waals surface area contributed by atoms with Gasteiger partial charge in [0, 0.05) is 51.5 Å². The molecule has 0 spiro atoms. The highest BCUT2D eigenvalue weighted by atomic mass is 19.1. The number of hydrogen-bond acceptors (Lipinski definition) is 6. The van der Waals surface area contributed by atoms with Gasteiger partial charge in [-0.05, 0) is 62.9 Å². The third kappa shape index (κ3) is 4.47. The van der Waals surface area contributed by atoms with Crippen LogP contribution in [0.2, 0.25) is 0 Å². The molecule has 0 bridgehead atoms. The maximum atomic E-state index is 15.4. The number of nitrogens with zero attached hydrogens (tertiary/aromatic N) is 4. The fourth-order valence-electron chi connectivity index (χ4n) is 5.73. The van der Waals surface area contributed by atoms with Crippen molar-refractivity contribution in [3.05, 3.63) is 82.6 Å². The van der Waals surface area contributed by atoms with Crippen LogP contribution in [0, 0.1) is 26.6 Å². The van der Waals surface area contributed by atoms with Gasteiger partial charge in [-0.2, -0.15) is 5.10 Å². The van der Waals surface area contributed by atoms with E-state index in [4.69, 9.17) is 19.6 Å². The molecule has 4 heterocycles. The first kappa shape index (κ1) is 26.4. The van der Waals surface area contributed by atoms with Crippen molar-refractivity contribution < 1.29 is 23.8 Å². The molecule has 0 aliphatic carbocycles. The van der Waals surface area contributed by atoms with Gasteiger partial charge in [0.1, 0.15) is 5.75 Å². The lowest BCUT2D eigenvalue weighted by Crippen LogP contribution is -2.14. The van der Waals surface area contributed by atoms with Gasteiger partial charge in [0.2, 0.25) is 0 Å². The molecule has 0 saturated heterocycles. The van der Waals surface area contributed by atoms with Crippen LogP contribution in [0.5, 0.6) is 11.5 Å². The Kier molecular flexibility index (Phi) is 6.65. The number of rotatable bonds is 6. The van der Waals surface area contributed by atoms with Crippen molar-refractivity contribution in [1.82, 2.24) is 19.6 Å². The van der Waals surface area contributed by atoms with E-state index in [1.165, 1.54) is 6.07 Å². The van der Waals surface area contributed by atoms with Gasteiger partial charge in [-0.15, -0.1) is 0 Å². The topological polar surface area (TPSA) is 98.8 Å². The molecule has 208 valence electrons. The average Bonchev–Trinajstić information content (AvgIpc) is 3.30. The molecule has 0 radical (unpaired) electrons. The summed E-state index contributed by atoms with van der Waals surface area (Å²) in [6.45, 7) is 6.13. The van der Waals surface area contributed by atoms with E-state index in [0.29, 0.717) is 52.6 Å². The van der Waals surface area contributed by atoms with E-state index < -0.39 is 11.8 Å². The smallest absolute Gasteiger partial charge is 0.307 e. The number of carboxylic acid groups (broad SMARTS) is 1. The van der Waals surface area contributed by atoms with E-state index in [0.717, 1.165) is 39.8 Å². The molecule has 0 saturated carbocycles. The van der Waals surface area contributed by atoms with Gasteiger partial charge in [-0.3, -0.25) is 9.78 Å². The second-order valence-corrected chi connectivity index (χ2v) is 10.3. The lowest BCUT2D eigenvalue weighted by atomic mass is 9.91. The van der Waals surface area contributed by atoms with Crippen LogP contribution in [0.1, 0.15) is 34.4 Å². The zero-order valence-electron chi connectivity index (χ0n) is 23.3. The highest BCUT2D eigenvalue weighted by Crippen LogP contribution is 2.40. The normalized spacial score (nSPS) is 12.7. The molecule has 8 nitrogen and oxygen atoms in total. The minimum absolute atomic E-state index is 0.275. The van der Waals surface area contributed by atoms with Gasteiger partial charge in [-0.1, -0.05) is 18.2 Å². The minimum atomic E-state index is -1.00. The molecule has 0 atom stereocenters. The number of benzene rings is 2. The Morgan fingerprint density at radius 3 is 2.71 bits per heavy atom. The van der Waals surface area contributed by atoms with Gasteiger partial charge in [0.15, 0.2) is 17.2 Å². The van der Waals surface area contributed by atoms with Gasteiger partial charge in [-0.25, -0.2) is 13.9 Å². The van der Waals surface area contributed by atoms with Crippen molar-refractivity contribution in [1.29, 1.82) is 0 Å². The maximum absolute atomic E-state index is 15.4. The van der Waals surface area contributed by atoms with Crippen molar-refractivity contribution in [3.63, 3.8) is 0 Å². The SMILES string of the molecule is COc1ccncc1-c1cccc(-c2nn3c(-c4cc(F)c5c(c4C)CCCO5)c(CC(=O)O)c(C)nc3c2C)c1. The van der Waals surface area contributed by atoms with Gasteiger partial charge in [0.05, 0.1) is 31.5 Å². The molecule has 0 unspecified atom stereocenters. The Morgan fingerprint density at radius 2 is 1.93 bits per heavy atom. The van der Waals surface area contributed by atoms with E-state index in [1.54, 1.807) is 30.9 Å². The van der Waals surface area contributed by atoms with Crippen LogP contribution in [0.15, 0.2) is 48.8 Å². The lowest BCUT2D eigenvalue weighted by Gasteiger charge is -2.23. The van der Waals surface area contributed by atoms with Gasteiger partial charge < -0.3 is 14.6 Å². The monoisotopic (exact) mass is 552 g/mol. The summed E-state index contributed by atoms with van der Waals surface area (Å²) in [4.78, 5) is 21.0. The third-order valence-electron chi connectivity index (χ3n) is 7.77. The van der Waals surface area contributed by atoms with Crippen molar-refractivity contribution in [2.24, 2.45) is 0 Å². The van der Waals surface area contributed by atoms with E-state index in [-0.39, 0.29) is 12.2 Å². The first-order valence-corrected chi connectivity index (χ1v) is 13.4. The maximum Gasteiger partial charge on any atom is 0.307 e. The molecular weight excluding hydrogens is 523 g/mol. The van der Waals surface area contributed by atoms with Crippen LogP contribution in [0.25, 0.3) is 39.3 Å². The highest BCUT2D eigenvalue weighted by molar-refractivity contribution is 5.82. The fraction of sp³-hybridized carbons (Fsp3) is 0.250. The molecular formula is C32H29FN4O4. The van der Waals surface area contributed by atoms with Crippen LogP contribution < -0.4 is 9.47 Å². The molecule has 0 fully saturated rings. The number of halogens is 1. The quantitative estimate of drug-likeness (QED) is 0.270. The molecule has 1 N–H and O–H groups in total. The van der Waals surface area contributed by atoms with E-state index in [1.807, 2.05) is 44.2 Å². The number of aromatic nitrogens is 4. The van der Waals surface area contributed by atoms with Crippen molar-refractivity contribution in [2.45, 2.75) is 40.0 Å². The number of methoxy groups -OCH3 is 1. The number of hydrogen-bond donors (Lipinski definition) is 1. The number of aryl methyl sites for hydroxylation is 2. The lowest BCUT2D eigenvalue weighted by molar-refractivity contribution is -0.136. The minimum Gasteiger partial charge on any atom is -0.496 e. The third-order valence-corrected chi connectivity index (χ3v) is 7.77. The Bertz CT molecular complexity index is 1850. The Hall–Kier alpha value is -4.79. The Labute approximate surface area is 236 Å². The van der Waals surface area contributed by atoms with Crippen LogP contribution in [0.4, 0.5) is 4.39 Å². The Morgan fingerprint density at radius 1 is 1.12 bits per heavy atom. The fourth-order valence-corrected chi connectivity index (χ4v) is 5.73. The molecule has 2 aromatic carbocycles. The van der Waals surface area contributed by atoms with Gasteiger partial charge in [0.25, 0.3) is 0 Å². The van der Waals surface area contributed by atoms with Crippen LogP contribution in [0.3, 0.4) is 0 Å². The highest BCUT2D eigenvalue weighted by Gasteiger charge is 2.27. The summed E-state index contributed by atoms with van der Waals surface area (Å²) in [6.07, 6.45) is 4.63. The van der Waals surface area contributed by atoms with Crippen LogP contribution >= 0.6 is 0 Å². The summed E-state index contributed by atoms with van der Waals surface area (Å²) >= 11 is 0. The standard InChI is InChI=1S/C32H29FN4O4/c1-17-22-9-6-12-41-31(22)26(33)14-23(17)30-24(15-28(38)39)19(3)35-32-18(2)29(36-37(30)32)21-8-5-7-20(13-21)25-16-34-11-10-27(25)40-4/h5,7-8,10-11,13-14,16H,6,9,12,15H2,1-4H3,(H,38,39). The van der Waals surface area contributed by atoms with Crippen molar-refractivity contribution >= 4 is 11.6 Å². The number of ether oxygens (including phenoxy) is 2. The molecule has 9 heteroatoms. The van der Waals surface area contributed by atoms with Crippen molar-refractivity contribution in [3.8, 4) is 45.1 Å². The molecule has 3 aromatic heterocycles. The molecule has 6 rings (SSSR count). The number of carbonyl (C=O) groups is 1. The molecule has 1 aliphatic heterocycles. The second kappa shape index (κ2) is 10.3. The second-order valence-electron chi connectivity index (χ2n) is 10.3. The zero-order valence-corrected chi connectivity index (χ0v) is 23.3. The van der Waals surface area contributed by atoms with Crippen molar-refractivity contribution in [2.75, 3.05) is 13.7 Å². The summed E-state index contributed by atoms with van der Waals surface area (Å²) in [7, 11) is 1.62. The summed E-state index contributed by atoms with van der Waals surface area (Å²) in [5, 5.41) is 14.8. The summed E-state index contributed by atoms with van der Waals surface area (Å²) in [5.41, 5.74) is 8.52. The number of fused-ring (bicyclic) bond motifs is 2. The molecule has 5 aromatic rings.